The smallest absolute Gasteiger partial charge is 0.404 e. The Labute approximate surface area is 109 Å². The van der Waals surface area contributed by atoms with E-state index in [4.69, 9.17) is 11.0 Å². The van der Waals surface area contributed by atoms with E-state index >= 15 is 0 Å². The topological polar surface area (TPSA) is 71.9 Å². The molecule has 0 atom stereocenters. The number of halogens is 4. The standard InChI is InChI=1S/C9H7F3IN3O/c10-9(11,12)17-8-3-5(13)7(4-15)16-6(8)1-2-14/h3H,1,4,15H2. The Kier molecular flexibility index (Phi) is 4.53. The number of hydrogen-bond donors (Lipinski definition) is 1. The van der Waals surface area contributed by atoms with E-state index in [-0.39, 0.29) is 18.7 Å². The second-order valence-corrected chi connectivity index (χ2v) is 4.11. The van der Waals surface area contributed by atoms with Crippen LogP contribution in [0.4, 0.5) is 13.2 Å². The van der Waals surface area contributed by atoms with Crippen molar-refractivity contribution in [2.24, 2.45) is 5.73 Å². The van der Waals surface area contributed by atoms with Gasteiger partial charge in [0.25, 0.3) is 0 Å². The molecule has 4 nitrogen and oxygen atoms in total. The first-order valence-electron chi connectivity index (χ1n) is 4.38. The number of ether oxygens (including phenoxy) is 1. The average Bonchev–Trinajstić information content (AvgIpc) is 2.20. The van der Waals surface area contributed by atoms with Gasteiger partial charge in [-0.05, 0) is 28.7 Å². The van der Waals surface area contributed by atoms with E-state index in [2.05, 4.69) is 9.72 Å². The molecule has 0 aliphatic carbocycles. The number of nitrogens with zero attached hydrogens (tertiary/aromatic N) is 2. The van der Waals surface area contributed by atoms with E-state index in [0.29, 0.717) is 9.26 Å². The Morgan fingerprint density at radius 2 is 2.12 bits per heavy atom. The zero-order valence-corrected chi connectivity index (χ0v) is 10.5. The van der Waals surface area contributed by atoms with Crippen LogP contribution in [0.1, 0.15) is 11.4 Å². The highest BCUT2D eigenvalue weighted by Gasteiger charge is 2.32. The number of nitriles is 1. The molecule has 1 rings (SSSR count). The van der Waals surface area contributed by atoms with Crippen LogP contribution >= 0.6 is 22.6 Å². The van der Waals surface area contributed by atoms with Crippen molar-refractivity contribution in [2.45, 2.75) is 19.3 Å². The van der Waals surface area contributed by atoms with Crippen LogP contribution in [0.2, 0.25) is 0 Å². The summed E-state index contributed by atoms with van der Waals surface area (Å²) in [7, 11) is 0. The molecule has 0 aliphatic rings. The number of rotatable bonds is 3. The maximum Gasteiger partial charge on any atom is 0.573 e. The molecule has 0 fully saturated rings. The third-order valence-corrected chi connectivity index (χ3v) is 2.69. The molecule has 0 spiro atoms. The molecule has 0 amide bonds. The van der Waals surface area contributed by atoms with Gasteiger partial charge in [0.05, 0.1) is 23.9 Å². The highest BCUT2D eigenvalue weighted by atomic mass is 127. The van der Waals surface area contributed by atoms with Gasteiger partial charge in [-0.3, -0.25) is 4.98 Å². The lowest BCUT2D eigenvalue weighted by Crippen LogP contribution is -2.19. The Morgan fingerprint density at radius 3 is 2.59 bits per heavy atom. The van der Waals surface area contributed by atoms with E-state index in [1.807, 2.05) is 22.6 Å². The number of pyridine rings is 1. The molecule has 0 bridgehead atoms. The molecule has 1 heterocycles. The summed E-state index contributed by atoms with van der Waals surface area (Å²) >= 11 is 1.81. The van der Waals surface area contributed by atoms with Crippen LogP contribution in [0, 0.1) is 14.9 Å². The lowest BCUT2D eigenvalue weighted by Gasteiger charge is -2.13. The van der Waals surface area contributed by atoms with Crippen LogP contribution in [0.15, 0.2) is 6.07 Å². The van der Waals surface area contributed by atoms with Crippen molar-refractivity contribution in [2.75, 3.05) is 0 Å². The van der Waals surface area contributed by atoms with Crippen molar-refractivity contribution in [3.05, 3.63) is 21.0 Å². The minimum atomic E-state index is -4.81. The Hall–Kier alpha value is -1.08. The SMILES string of the molecule is N#CCc1nc(CN)c(I)cc1OC(F)(F)F. The quantitative estimate of drug-likeness (QED) is 0.842. The van der Waals surface area contributed by atoms with Crippen LogP contribution in [0.5, 0.6) is 5.75 Å². The summed E-state index contributed by atoms with van der Waals surface area (Å²) in [5, 5.41) is 8.52. The first-order chi connectivity index (χ1) is 7.87. The second-order valence-electron chi connectivity index (χ2n) is 2.95. The molecule has 0 aromatic carbocycles. The summed E-state index contributed by atoms with van der Waals surface area (Å²) in [5.41, 5.74) is 5.75. The fourth-order valence-corrected chi connectivity index (χ4v) is 1.73. The number of alkyl halides is 3. The van der Waals surface area contributed by atoms with Crippen molar-refractivity contribution < 1.29 is 17.9 Å². The summed E-state index contributed by atoms with van der Waals surface area (Å²) in [4.78, 5) is 3.88. The minimum absolute atomic E-state index is 0.0642. The predicted octanol–water partition coefficient (Wildman–Crippen LogP) is 2.11. The first-order valence-corrected chi connectivity index (χ1v) is 5.46. The summed E-state index contributed by atoms with van der Waals surface area (Å²) in [6.07, 6.45) is -5.07. The third kappa shape index (κ3) is 4.01. The molecule has 0 unspecified atom stereocenters. The maximum absolute atomic E-state index is 12.1. The van der Waals surface area contributed by atoms with Gasteiger partial charge in [0.15, 0.2) is 5.75 Å². The van der Waals surface area contributed by atoms with Gasteiger partial charge in [-0.15, -0.1) is 13.2 Å². The van der Waals surface area contributed by atoms with Gasteiger partial charge in [0.2, 0.25) is 0 Å². The van der Waals surface area contributed by atoms with E-state index in [1.165, 1.54) is 6.07 Å². The van der Waals surface area contributed by atoms with Crippen LogP contribution in [0.3, 0.4) is 0 Å². The van der Waals surface area contributed by atoms with Gasteiger partial charge in [-0.2, -0.15) is 5.26 Å². The molecular formula is C9H7F3IN3O. The minimum Gasteiger partial charge on any atom is -0.404 e. The van der Waals surface area contributed by atoms with Gasteiger partial charge in [0.1, 0.15) is 0 Å². The maximum atomic E-state index is 12.1. The molecule has 0 saturated carbocycles. The second kappa shape index (κ2) is 5.50. The molecule has 17 heavy (non-hydrogen) atoms. The summed E-state index contributed by atoms with van der Waals surface area (Å²) in [6.45, 7) is 0.0863. The van der Waals surface area contributed by atoms with Gasteiger partial charge in [-0.1, -0.05) is 0 Å². The largest absolute Gasteiger partial charge is 0.573 e. The number of aromatic nitrogens is 1. The van der Waals surface area contributed by atoms with Crippen LogP contribution < -0.4 is 10.5 Å². The monoisotopic (exact) mass is 357 g/mol. The van der Waals surface area contributed by atoms with Crippen LogP contribution in [-0.2, 0) is 13.0 Å². The molecule has 92 valence electrons. The predicted molar refractivity (Wildman–Crippen MR) is 60.8 cm³/mol. The zero-order valence-electron chi connectivity index (χ0n) is 8.38. The molecule has 1 aromatic heterocycles. The first kappa shape index (κ1) is 14.0. The summed E-state index contributed by atoms with van der Waals surface area (Å²) in [6, 6.07) is 2.90. The van der Waals surface area contributed by atoms with Gasteiger partial charge in [0, 0.05) is 10.1 Å². The normalized spacial score (nSPS) is 11.1. The Balaban J connectivity index is 3.19. The highest BCUT2D eigenvalue weighted by molar-refractivity contribution is 14.1. The number of nitrogens with two attached hydrogens (primary N) is 1. The fourth-order valence-electron chi connectivity index (χ4n) is 1.11. The molecular weight excluding hydrogens is 350 g/mol. The Bertz CT molecular complexity index is 456. The Morgan fingerprint density at radius 1 is 1.47 bits per heavy atom. The molecule has 8 heteroatoms. The fraction of sp³-hybridized carbons (Fsp3) is 0.333. The third-order valence-electron chi connectivity index (χ3n) is 1.75. The van der Waals surface area contributed by atoms with Gasteiger partial charge < -0.3 is 10.5 Å². The molecule has 0 aliphatic heterocycles. The van der Waals surface area contributed by atoms with Crippen molar-refractivity contribution >= 4 is 22.6 Å². The molecule has 2 N–H and O–H groups in total. The van der Waals surface area contributed by atoms with E-state index in [0.717, 1.165) is 0 Å². The van der Waals surface area contributed by atoms with E-state index < -0.39 is 12.1 Å². The van der Waals surface area contributed by atoms with Gasteiger partial charge >= 0.3 is 6.36 Å². The molecule has 0 radical (unpaired) electrons. The van der Waals surface area contributed by atoms with Crippen molar-refractivity contribution in [3.63, 3.8) is 0 Å². The highest BCUT2D eigenvalue weighted by Crippen LogP contribution is 2.28. The van der Waals surface area contributed by atoms with Crippen molar-refractivity contribution in [1.82, 2.24) is 4.98 Å². The van der Waals surface area contributed by atoms with E-state index in [9.17, 15) is 13.2 Å². The lowest BCUT2D eigenvalue weighted by molar-refractivity contribution is -0.275. The number of hydrogen-bond acceptors (Lipinski definition) is 4. The van der Waals surface area contributed by atoms with Crippen molar-refractivity contribution in [3.8, 4) is 11.8 Å². The van der Waals surface area contributed by atoms with Crippen molar-refractivity contribution in [1.29, 1.82) is 5.26 Å². The summed E-state index contributed by atoms with van der Waals surface area (Å²) < 4.78 is 40.6. The van der Waals surface area contributed by atoms with Crippen LogP contribution in [-0.4, -0.2) is 11.3 Å². The molecule has 0 saturated heterocycles. The molecule has 1 aromatic rings. The average molecular weight is 357 g/mol. The lowest BCUT2D eigenvalue weighted by atomic mass is 10.2. The van der Waals surface area contributed by atoms with Gasteiger partial charge in [-0.25, -0.2) is 0 Å². The van der Waals surface area contributed by atoms with Crippen LogP contribution in [0.25, 0.3) is 0 Å². The summed E-state index contributed by atoms with van der Waals surface area (Å²) in [5.74, 6) is -0.458. The van der Waals surface area contributed by atoms with E-state index in [1.54, 1.807) is 6.07 Å². The zero-order chi connectivity index (χ0) is 13.1.